The van der Waals surface area contributed by atoms with Gasteiger partial charge in [0.25, 0.3) is 0 Å². The van der Waals surface area contributed by atoms with Crippen LogP contribution in [0.15, 0.2) is 91.0 Å². The fourth-order valence-corrected chi connectivity index (χ4v) is 4.27. The lowest BCUT2D eigenvalue weighted by Gasteiger charge is -2.20. The molecule has 0 aliphatic carbocycles. The summed E-state index contributed by atoms with van der Waals surface area (Å²) in [7, 11) is 0. The molecule has 2 N–H and O–H groups in total. The number of aliphatic hydroxyl groups is 2. The van der Waals surface area contributed by atoms with Gasteiger partial charge < -0.3 is 33.9 Å². The van der Waals surface area contributed by atoms with Crippen molar-refractivity contribution in [1.29, 1.82) is 0 Å². The summed E-state index contributed by atoms with van der Waals surface area (Å²) in [6.45, 7) is 4.60. The van der Waals surface area contributed by atoms with Crippen LogP contribution >= 0.6 is 0 Å². The summed E-state index contributed by atoms with van der Waals surface area (Å²) in [6.07, 6.45) is -7.92. The summed E-state index contributed by atoms with van der Waals surface area (Å²) in [4.78, 5) is 23.4. The van der Waals surface area contributed by atoms with E-state index < -0.39 is 49.4 Å². The fourth-order valence-electron chi connectivity index (χ4n) is 4.27. The number of rotatable bonds is 20. The Bertz CT molecular complexity index is 1530. The van der Waals surface area contributed by atoms with E-state index in [1.54, 1.807) is 24.3 Å². The van der Waals surface area contributed by atoms with Crippen molar-refractivity contribution >= 4 is 11.9 Å². The topological polar surface area (TPSA) is 121 Å². The molecule has 0 amide bonds. The maximum absolute atomic E-state index is 15.4. The zero-order chi connectivity index (χ0) is 36.7. The number of esters is 2. The van der Waals surface area contributed by atoms with Crippen molar-refractivity contribution in [3.63, 3.8) is 0 Å². The number of unbranched alkanes of at least 4 members (excludes halogenated alkanes) is 1. The van der Waals surface area contributed by atoms with E-state index in [2.05, 4.69) is 13.2 Å². The van der Waals surface area contributed by atoms with Gasteiger partial charge in [0.1, 0.15) is 43.7 Å². The molecule has 9 nitrogen and oxygen atoms in total. The largest absolute Gasteiger partial charge is 0.490 e. The first-order valence-electron chi connectivity index (χ1n) is 15.4. The lowest BCUT2D eigenvalue weighted by Crippen LogP contribution is -2.22. The third-order valence-corrected chi connectivity index (χ3v) is 6.91. The van der Waals surface area contributed by atoms with Gasteiger partial charge in [0, 0.05) is 24.6 Å². The summed E-state index contributed by atoms with van der Waals surface area (Å²) in [5.74, 6) is -2.01. The minimum Gasteiger partial charge on any atom is -0.490 e. The molecular weight excluding hydrogens is 671 g/mol. The number of benzene rings is 3. The van der Waals surface area contributed by atoms with Crippen molar-refractivity contribution in [1.82, 2.24) is 0 Å². The summed E-state index contributed by atoms with van der Waals surface area (Å²) in [6, 6.07) is 16.1. The maximum atomic E-state index is 15.4. The average Bonchev–Trinajstić information content (AvgIpc) is 3.09. The molecule has 0 saturated carbocycles. The lowest BCUT2D eigenvalue weighted by molar-refractivity contribution is -0.185. The Morgan fingerprint density at radius 1 is 0.640 bits per heavy atom. The van der Waals surface area contributed by atoms with Crippen LogP contribution in [-0.4, -0.2) is 68.0 Å². The van der Waals surface area contributed by atoms with E-state index in [9.17, 15) is 22.8 Å². The van der Waals surface area contributed by atoms with Gasteiger partial charge in [-0.3, -0.25) is 0 Å². The van der Waals surface area contributed by atoms with Crippen LogP contribution in [0.3, 0.4) is 0 Å². The molecule has 0 bridgehead atoms. The molecule has 0 heterocycles. The first-order valence-corrected chi connectivity index (χ1v) is 15.4. The molecule has 3 rings (SSSR count). The first-order chi connectivity index (χ1) is 23.7. The van der Waals surface area contributed by atoms with E-state index in [4.69, 9.17) is 33.9 Å². The smallest absolute Gasteiger partial charge is 0.426 e. The molecule has 0 unspecified atom stereocenters. The Morgan fingerprint density at radius 2 is 1.10 bits per heavy atom. The number of aryl methyl sites for hydroxylation is 1. The number of hydrogen-bond acceptors (Lipinski definition) is 9. The third kappa shape index (κ3) is 13.2. The molecule has 0 fully saturated rings. The van der Waals surface area contributed by atoms with E-state index in [-0.39, 0.29) is 61.2 Å². The number of carbonyl (C=O) groups excluding carboxylic acids is 2. The van der Waals surface area contributed by atoms with Gasteiger partial charge in [-0.1, -0.05) is 49.6 Å². The molecule has 3 aromatic rings. The number of aliphatic hydroxyl groups excluding tert-OH is 2. The molecule has 0 aliphatic rings. The van der Waals surface area contributed by atoms with Crippen LogP contribution in [0, 0.1) is 0 Å². The quantitative estimate of drug-likeness (QED) is 0.0572. The highest BCUT2D eigenvalue weighted by Crippen LogP contribution is 2.36. The molecule has 0 radical (unpaired) electrons. The van der Waals surface area contributed by atoms with Crippen molar-refractivity contribution in [2.75, 3.05) is 39.6 Å². The number of alkyl halides is 5. The molecule has 3 aromatic carbocycles. The zero-order valence-corrected chi connectivity index (χ0v) is 27.0. The summed E-state index contributed by atoms with van der Waals surface area (Å²) >= 11 is 0. The van der Waals surface area contributed by atoms with Gasteiger partial charge in [0.2, 0.25) is 0 Å². The molecule has 0 aromatic heterocycles. The highest BCUT2D eigenvalue weighted by molar-refractivity contribution is 5.88. The van der Waals surface area contributed by atoms with E-state index in [1.807, 2.05) is 0 Å². The van der Waals surface area contributed by atoms with Gasteiger partial charge >= 0.3 is 24.2 Å². The Morgan fingerprint density at radius 3 is 1.56 bits per heavy atom. The fraction of sp³-hybridized carbons (Fsp3) is 0.333. The predicted molar refractivity (Wildman–Crippen MR) is 172 cm³/mol. The van der Waals surface area contributed by atoms with Gasteiger partial charge in [0.15, 0.2) is 0 Å². The Hall–Kier alpha value is -4.95. The van der Waals surface area contributed by atoms with Crippen LogP contribution in [0.4, 0.5) is 22.0 Å². The third-order valence-electron chi connectivity index (χ3n) is 6.91. The first kappa shape index (κ1) is 39.5. The standard InChI is InChI=1S/C36H37F5O9/c1-24(22-42)33(44)48-17-15-46-30-19-31(47-16-18-49-34(45)25(2)23-43)21-32(20-30)50-36(40,41)29-12-10-28(11-13-29)27-8-6-26(7-9-27)5-3-4-14-35(37,38)39/h6-13,19-21,42-43H,1-5,14-18,22-23H2. The average molecular weight is 709 g/mol. The predicted octanol–water partition coefficient (Wildman–Crippen LogP) is 6.70. The number of ether oxygens (including phenoxy) is 5. The van der Waals surface area contributed by atoms with Crippen molar-refractivity contribution < 1.29 is 65.4 Å². The molecule has 14 heteroatoms. The van der Waals surface area contributed by atoms with E-state index in [0.717, 1.165) is 11.1 Å². The van der Waals surface area contributed by atoms with Gasteiger partial charge in [-0.25, -0.2) is 9.59 Å². The second-order valence-corrected chi connectivity index (χ2v) is 10.8. The number of hydrogen-bond donors (Lipinski definition) is 2. The number of carbonyl (C=O) groups is 2. The van der Waals surface area contributed by atoms with Gasteiger partial charge in [0.05, 0.1) is 29.9 Å². The molecule has 0 spiro atoms. The van der Waals surface area contributed by atoms with E-state index >= 15 is 8.78 Å². The van der Waals surface area contributed by atoms with Crippen LogP contribution in [0.1, 0.15) is 30.4 Å². The Balaban J connectivity index is 1.68. The molecular formula is C36H37F5O9. The van der Waals surface area contributed by atoms with Gasteiger partial charge in [-0.05, 0) is 48.1 Å². The summed E-state index contributed by atoms with van der Waals surface area (Å²) in [5, 5.41) is 17.9. The Labute approximate surface area is 285 Å². The normalized spacial score (nSPS) is 11.4. The second kappa shape index (κ2) is 18.7. The maximum Gasteiger partial charge on any atom is 0.426 e. The minimum absolute atomic E-state index is 0.00938. The highest BCUT2D eigenvalue weighted by Gasteiger charge is 2.35. The van der Waals surface area contributed by atoms with Crippen LogP contribution in [0.2, 0.25) is 0 Å². The molecule has 0 atom stereocenters. The van der Waals surface area contributed by atoms with E-state index in [1.165, 1.54) is 42.5 Å². The summed E-state index contributed by atoms with van der Waals surface area (Å²) < 4.78 is 93.8. The van der Waals surface area contributed by atoms with Crippen LogP contribution < -0.4 is 14.2 Å². The molecule has 0 saturated heterocycles. The van der Waals surface area contributed by atoms with E-state index in [0.29, 0.717) is 18.4 Å². The van der Waals surface area contributed by atoms with Crippen molar-refractivity contribution in [2.45, 2.75) is 38.0 Å². The molecule has 270 valence electrons. The SMILES string of the molecule is C=C(CO)C(=O)OCCOc1cc(OCCOC(=O)C(=C)CO)cc(OC(F)(F)c2ccc(-c3ccc(CCCCC(F)(F)F)cc3)cc2)c1. The van der Waals surface area contributed by atoms with Crippen molar-refractivity contribution in [3.05, 3.63) is 102 Å². The highest BCUT2D eigenvalue weighted by atomic mass is 19.4. The number of halogens is 5. The second-order valence-electron chi connectivity index (χ2n) is 10.8. The molecule has 50 heavy (non-hydrogen) atoms. The minimum atomic E-state index is -4.18. The van der Waals surface area contributed by atoms with Crippen molar-refractivity contribution in [2.24, 2.45) is 0 Å². The lowest BCUT2D eigenvalue weighted by atomic mass is 10.00. The van der Waals surface area contributed by atoms with Crippen LogP contribution in [0.25, 0.3) is 11.1 Å². The Kier molecular flexibility index (Phi) is 14.8. The van der Waals surface area contributed by atoms with Gasteiger partial charge in [-0.15, -0.1) is 0 Å². The van der Waals surface area contributed by atoms with Crippen LogP contribution in [0.5, 0.6) is 17.2 Å². The molecule has 0 aliphatic heterocycles. The summed E-state index contributed by atoms with van der Waals surface area (Å²) in [5.41, 5.74) is 1.43. The van der Waals surface area contributed by atoms with Crippen molar-refractivity contribution in [3.8, 4) is 28.4 Å². The monoisotopic (exact) mass is 708 g/mol. The van der Waals surface area contributed by atoms with Crippen LogP contribution in [-0.2, 0) is 31.6 Å². The zero-order valence-electron chi connectivity index (χ0n) is 27.0. The van der Waals surface area contributed by atoms with Gasteiger partial charge in [-0.2, -0.15) is 22.0 Å².